The van der Waals surface area contributed by atoms with Crippen LogP contribution in [0, 0.1) is 0 Å². The van der Waals surface area contributed by atoms with Crippen molar-refractivity contribution < 1.29 is 4.84 Å². The Morgan fingerprint density at radius 3 is 2.81 bits per heavy atom. The van der Waals surface area contributed by atoms with Crippen molar-refractivity contribution in [2.24, 2.45) is 12.2 Å². The molecular formula is C9H13ClN4OS. The molecule has 2 heterocycles. The van der Waals surface area contributed by atoms with Gasteiger partial charge in [-0.3, -0.25) is 0 Å². The van der Waals surface area contributed by atoms with Gasteiger partial charge in [0.05, 0.1) is 5.75 Å². The van der Waals surface area contributed by atoms with Crippen molar-refractivity contribution in [3.63, 3.8) is 0 Å². The van der Waals surface area contributed by atoms with Crippen LogP contribution in [0.5, 0.6) is 0 Å². The van der Waals surface area contributed by atoms with Gasteiger partial charge in [-0.1, -0.05) is 16.9 Å². The maximum atomic E-state index is 5.80. The van der Waals surface area contributed by atoms with Gasteiger partial charge >= 0.3 is 0 Å². The summed E-state index contributed by atoms with van der Waals surface area (Å²) in [5, 5.41) is 9.56. The number of thioether (sulfide) groups is 1. The average Bonchev–Trinajstić information content (AvgIpc) is 2.68. The lowest BCUT2D eigenvalue weighted by molar-refractivity contribution is 0.0123. The van der Waals surface area contributed by atoms with Gasteiger partial charge in [-0.25, -0.2) is 9.67 Å². The fourth-order valence-corrected chi connectivity index (χ4v) is 2.40. The molecule has 0 saturated heterocycles. The highest BCUT2D eigenvalue weighted by Gasteiger charge is 2.29. The van der Waals surface area contributed by atoms with E-state index in [-0.39, 0.29) is 5.60 Å². The molecule has 1 aromatic rings. The van der Waals surface area contributed by atoms with E-state index in [1.165, 1.54) is 0 Å². The van der Waals surface area contributed by atoms with Gasteiger partial charge in [0, 0.05) is 13.5 Å². The average molecular weight is 261 g/mol. The molecule has 1 aliphatic rings. The van der Waals surface area contributed by atoms with Crippen molar-refractivity contribution >= 4 is 28.4 Å². The molecule has 0 amide bonds. The van der Waals surface area contributed by atoms with Gasteiger partial charge in [-0.05, 0) is 25.4 Å². The van der Waals surface area contributed by atoms with Gasteiger partial charge in [-0.2, -0.15) is 5.10 Å². The Balaban J connectivity index is 1.89. The summed E-state index contributed by atoms with van der Waals surface area (Å²) in [6, 6.07) is 0. The SMILES string of the molecule is Cn1nc(CSC2=NOC(C)(C)C2)nc1Cl. The number of hydrogen-bond acceptors (Lipinski definition) is 5. The minimum atomic E-state index is -0.183. The van der Waals surface area contributed by atoms with Gasteiger partial charge in [0.2, 0.25) is 5.28 Å². The Bertz CT molecular complexity index is 410. The van der Waals surface area contributed by atoms with E-state index < -0.39 is 0 Å². The molecule has 0 radical (unpaired) electrons. The maximum absolute atomic E-state index is 5.80. The van der Waals surface area contributed by atoms with Gasteiger partial charge in [0.15, 0.2) is 5.82 Å². The Morgan fingerprint density at radius 2 is 2.31 bits per heavy atom. The van der Waals surface area contributed by atoms with Crippen molar-refractivity contribution in [2.45, 2.75) is 31.6 Å². The van der Waals surface area contributed by atoms with Crippen LogP contribution in [0.2, 0.25) is 5.28 Å². The number of hydrogen-bond donors (Lipinski definition) is 0. The molecule has 0 aliphatic carbocycles. The zero-order valence-electron chi connectivity index (χ0n) is 9.40. The fraction of sp³-hybridized carbons (Fsp3) is 0.667. The molecule has 0 fully saturated rings. The quantitative estimate of drug-likeness (QED) is 0.818. The number of aryl methyl sites for hydroxylation is 1. The zero-order valence-corrected chi connectivity index (χ0v) is 11.0. The van der Waals surface area contributed by atoms with E-state index in [9.17, 15) is 0 Å². The molecule has 0 aromatic carbocycles. The summed E-state index contributed by atoms with van der Waals surface area (Å²) < 4.78 is 1.55. The second-order valence-electron chi connectivity index (χ2n) is 4.22. The highest BCUT2D eigenvalue weighted by molar-refractivity contribution is 8.13. The standard InChI is InChI=1S/C9H13ClN4OS/c1-9(2)4-7(13-15-9)16-5-6-11-8(10)14(3)12-6/h4-5H2,1-3H3. The first-order chi connectivity index (χ1) is 7.46. The molecule has 88 valence electrons. The Kier molecular flexibility index (Phi) is 3.12. The number of aromatic nitrogens is 3. The summed E-state index contributed by atoms with van der Waals surface area (Å²) in [7, 11) is 1.77. The van der Waals surface area contributed by atoms with Crippen LogP contribution in [-0.2, 0) is 17.6 Å². The molecule has 1 aliphatic heterocycles. The summed E-state index contributed by atoms with van der Waals surface area (Å²) in [4.78, 5) is 9.37. The molecule has 0 spiro atoms. The number of rotatable bonds is 2. The zero-order chi connectivity index (χ0) is 11.8. The summed E-state index contributed by atoms with van der Waals surface area (Å²) >= 11 is 7.38. The Morgan fingerprint density at radius 1 is 1.56 bits per heavy atom. The van der Waals surface area contributed by atoms with Crippen LogP contribution in [0.25, 0.3) is 0 Å². The van der Waals surface area contributed by atoms with Crippen molar-refractivity contribution in [1.29, 1.82) is 0 Å². The minimum Gasteiger partial charge on any atom is -0.389 e. The van der Waals surface area contributed by atoms with Crippen molar-refractivity contribution in [3.8, 4) is 0 Å². The number of nitrogens with zero attached hydrogens (tertiary/aromatic N) is 4. The molecule has 1 aromatic heterocycles. The molecule has 7 heteroatoms. The fourth-order valence-electron chi connectivity index (χ4n) is 1.31. The molecule has 0 N–H and O–H groups in total. The van der Waals surface area contributed by atoms with E-state index in [0.717, 1.165) is 11.5 Å². The summed E-state index contributed by atoms with van der Waals surface area (Å²) in [6.45, 7) is 4.03. The normalized spacial score (nSPS) is 18.4. The van der Waals surface area contributed by atoms with Crippen LogP contribution in [0.4, 0.5) is 0 Å². The second-order valence-corrected chi connectivity index (χ2v) is 5.61. The van der Waals surface area contributed by atoms with E-state index in [1.54, 1.807) is 23.5 Å². The van der Waals surface area contributed by atoms with Crippen molar-refractivity contribution in [3.05, 3.63) is 11.1 Å². The molecule has 2 rings (SSSR count). The lowest BCUT2D eigenvalue weighted by Crippen LogP contribution is -2.18. The van der Waals surface area contributed by atoms with Gasteiger partial charge in [0.25, 0.3) is 0 Å². The predicted molar refractivity (Wildman–Crippen MR) is 64.5 cm³/mol. The number of halogens is 1. The molecule has 5 nitrogen and oxygen atoms in total. The molecule has 0 saturated carbocycles. The molecule has 16 heavy (non-hydrogen) atoms. The number of oxime groups is 1. The Hall–Kier alpha value is -0.750. The third-order valence-corrected chi connectivity index (χ3v) is 3.38. The largest absolute Gasteiger partial charge is 0.389 e. The van der Waals surface area contributed by atoms with E-state index >= 15 is 0 Å². The van der Waals surface area contributed by atoms with Crippen molar-refractivity contribution in [2.75, 3.05) is 0 Å². The highest BCUT2D eigenvalue weighted by atomic mass is 35.5. The lowest BCUT2D eigenvalue weighted by atomic mass is 10.1. The van der Waals surface area contributed by atoms with Crippen LogP contribution in [0.15, 0.2) is 5.16 Å². The van der Waals surface area contributed by atoms with E-state index in [0.29, 0.717) is 16.9 Å². The summed E-state index contributed by atoms with van der Waals surface area (Å²) in [5.41, 5.74) is -0.183. The van der Waals surface area contributed by atoms with Crippen LogP contribution in [0.3, 0.4) is 0 Å². The maximum Gasteiger partial charge on any atom is 0.220 e. The first kappa shape index (κ1) is 11.7. The van der Waals surface area contributed by atoms with Gasteiger partial charge in [0.1, 0.15) is 10.6 Å². The van der Waals surface area contributed by atoms with Crippen LogP contribution in [-0.4, -0.2) is 25.4 Å². The van der Waals surface area contributed by atoms with E-state index in [4.69, 9.17) is 16.4 Å². The van der Waals surface area contributed by atoms with Crippen LogP contribution >= 0.6 is 23.4 Å². The van der Waals surface area contributed by atoms with Gasteiger partial charge < -0.3 is 4.84 Å². The summed E-state index contributed by atoms with van der Waals surface area (Å²) in [5.74, 6) is 1.38. The van der Waals surface area contributed by atoms with E-state index in [1.807, 2.05) is 13.8 Å². The smallest absolute Gasteiger partial charge is 0.220 e. The third-order valence-electron chi connectivity index (χ3n) is 2.09. The summed E-state index contributed by atoms with van der Waals surface area (Å²) in [6.07, 6.45) is 0.832. The van der Waals surface area contributed by atoms with Gasteiger partial charge in [-0.15, -0.1) is 0 Å². The first-order valence-corrected chi connectivity index (χ1v) is 6.26. The molecule has 0 unspecified atom stereocenters. The lowest BCUT2D eigenvalue weighted by Gasteiger charge is -2.12. The van der Waals surface area contributed by atoms with E-state index in [2.05, 4.69) is 15.2 Å². The highest BCUT2D eigenvalue weighted by Crippen LogP contribution is 2.28. The van der Waals surface area contributed by atoms with Crippen LogP contribution in [0.1, 0.15) is 26.1 Å². The third kappa shape index (κ3) is 2.68. The monoisotopic (exact) mass is 260 g/mol. The predicted octanol–water partition coefficient (Wildman–Crippen LogP) is 2.21. The molecule has 0 bridgehead atoms. The topological polar surface area (TPSA) is 52.3 Å². The van der Waals surface area contributed by atoms with Crippen molar-refractivity contribution in [1.82, 2.24) is 14.8 Å². The minimum absolute atomic E-state index is 0.183. The second kappa shape index (κ2) is 4.25. The molecular weight excluding hydrogens is 248 g/mol. The first-order valence-electron chi connectivity index (χ1n) is 4.89. The Labute approximate surface area is 103 Å². The van der Waals surface area contributed by atoms with Crippen LogP contribution < -0.4 is 0 Å². The molecule has 0 atom stereocenters.